The fourth-order valence-corrected chi connectivity index (χ4v) is 0.438. The van der Waals surface area contributed by atoms with Gasteiger partial charge in [-0.15, -0.1) is 0 Å². The first kappa shape index (κ1) is 12.5. The van der Waals surface area contributed by atoms with E-state index in [4.69, 9.17) is 0 Å². The van der Waals surface area contributed by atoms with Crippen molar-refractivity contribution in [3.05, 3.63) is 0 Å². The van der Waals surface area contributed by atoms with Crippen LogP contribution in [0.3, 0.4) is 0 Å². The molecule has 0 aliphatic rings. The molecule has 1 atom stereocenters. The maximum atomic E-state index is 12.1. The minimum atomic E-state index is -4.61. The molecular weight excluding hydrogens is 209 g/mol. The summed E-state index contributed by atoms with van der Waals surface area (Å²) < 4.78 is 84.2. The Kier molecular flexibility index (Phi) is 4.45. The van der Waals surface area contributed by atoms with E-state index in [0.717, 1.165) is 0 Å². The van der Waals surface area contributed by atoms with Crippen LogP contribution in [0.5, 0.6) is 0 Å². The second-order valence-electron chi connectivity index (χ2n) is 2.07. The number of alkyl halides is 7. The zero-order chi connectivity index (χ0) is 10.6. The van der Waals surface area contributed by atoms with E-state index in [-0.39, 0.29) is 0 Å². The van der Waals surface area contributed by atoms with Gasteiger partial charge in [0.15, 0.2) is 0 Å². The Bertz CT molecular complexity index is 148. The van der Waals surface area contributed by atoms with E-state index in [1.165, 1.54) is 0 Å². The van der Waals surface area contributed by atoms with Crippen molar-refractivity contribution < 1.29 is 35.5 Å². The Labute approximate surface area is 68.5 Å². The molecule has 0 fully saturated rings. The summed E-state index contributed by atoms with van der Waals surface area (Å²) in [6.45, 7) is -5.62. The molecule has 0 bridgehead atoms. The third kappa shape index (κ3) is 4.30. The smallest absolute Gasteiger partial charge is 0.317 e. The molecule has 0 aliphatic carbocycles. The van der Waals surface area contributed by atoms with Crippen molar-refractivity contribution in [2.45, 2.75) is 25.1 Å². The molecule has 0 radical (unpaired) electrons. The van der Waals surface area contributed by atoms with Crippen LogP contribution < -0.4 is 0 Å². The van der Waals surface area contributed by atoms with Gasteiger partial charge in [0.2, 0.25) is 6.17 Å². The number of hydrogen-bond donors (Lipinski definition) is 0. The highest BCUT2D eigenvalue weighted by atomic mass is 19.3. The second kappa shape index (κ2) is 4.64. The molecule has 0 aromatic heterocycles. The topological polar surface area (TPSA) is 9.23 Å². The van der Waals surface area contributed by atoms with Gasteiger partial charge in [0.25, 0.3) is 6.43 Å². The number of rotatable bonds is 5. The molecule has 0 aromatic carbocycles. The summed E-state index contributed by atoms with van der Waals surface area (Å²) in [7, 11) is 0. The van der Waals surface area contributed by atoms with Crippen molar-refractivity contribution in [3.63, 3.8) is 0 Å². The van der Waals surface area contributed by atoms with Gasteiger partial charge in [0.05, 0.1) is 0 Å². The molecule has 0 spiro atoms. The molecule has 0 heterocycles. The molecule has 0 aliphatic heterocycles. The van der Waals surface area contributed by atoms with Crippen molar-refractivity contribution in [3.8, 4) is 0 Å². The number of hydrogen-bond acceptors (Lipinski definition) is 1. The van der Waals surface area contributed by atoms with Crippen molar-refractivity contribution in [1.82, 2.24) is 0 Å². The molecule has 0 aromatic rings. The molecule has 13 heavy (non-hydrogen) atoms. The van der Waals surface area contributed by atoms with Gasteiger partial charge in [-0.1, -0.05) is 0 Å². The lowest BCUT2D eigenvalue weighted by atomic mass is 10.2. The van der Waals surface area contributed by atoms with Crippen LogP contribution in [0.4, 0.5) is 30.7 Å². The second-order valence-corrected chi connectivity index (χ2v) is 2.07. The van der Waals surface area contributed by atoms with Crippen LogP contribution in [0.15, 0.2) is 0 Å². The fraction of sp³-hybridized carbons (Fsp3) is 1.00. The predicted octanol–water partition coefficient (Wildman–Crippen LogP) is 2.46. The summed E-state index contributed by atoms with van der Waals surface area (Å²) in [6, 6.07) is 0. The molecule has 0 saturated heterocycles. The highest BCUT2D eigenvalue weighted by molar-refractivity contribution is 4.78. The SMILES string of the molecule is FC(F)OCC(F)(F)C(F)C(F)F. The lowest BCUT2D eigenvalue weighted by Crippen LogP contribution is -2.40. The molecule has 1 unspecified atom stereocenters. The van der Waals surface area contributed by atoms with Crippen molar-refractivity contribution in [2.75, 3.05) is 6.61 Å². The summed E-state index contributed by atoms with van der Waals surface area (Å²) in [4.78, 5) is 0. The maximum Gasteiger partial charge on any atom is 0.345 e. The van der Waals surface area contributed by atoms with Crippen LogP contribution in [0, 0.1) is 0 Å². The molecule has 8 heteroatoms. The molecule has 0 amide bonds. The van der Waals surface area contributed by atoms with E-state index in [9.17, 15) is 30.7 Å². The average Bonchev–Trinajstić information content (AvgIpc) is 1.99. The zero-order valence-electron chi connectivity index (χ0n) is 5.99. The first-order valence-electron chi connectivity index (χ1n) is 2.97. The van der Waals surface area contributed by atoms with E-state index in [1.807, 2.05) is 0 Å². The van der Waals surface area contributed by atoms with Gasteiger partial charge in [-0.05, 0) is 0 Å². The molecular formula is C5H5F7O. The van der Waals surface area contributed by atoms with E-state index >= 15 is 0 Å². The van der Waals surface area contributed by atoms with Crippen molar-refractivity contribution in [2.24, 2.45) is 0 Å². The standard InChI is InChI=1S/C5H5F7O/c6-2(3(7)8)5(11,12)1-13-4(9)10/h2-4H,1H2. The van der Waals surface area contributed by atoms with Gasteiger partial charge in [0.1, 0.15) is 6.61 Å². The average molecular weight is 214 g/mol. The normalized spacial score (nSPS) is 15.5. The number of ether oxygens (including phenoxy) is 1. The van der Waals surface area contributed by atoms with E-state index in [1.54, 1.807) is 0 Å². The lowest BCUT2D eigenvalue weighted by molar-refractivity contribution is -0.214. The van der Waals surface area contributed by atoms with Crippen molar-refractivity contribution in [1.29, 1.82) is 0 Å². The Balaban J connectivity index is 4.06. The third-order valence-electron chi connectivity index (χ3n) is 1.03. The largest absolute Gasteiger partial charge is 0.345 e. The van der Waals surface area contributed by atoms with Gasteiger partial charge in [0, 0.05) is 0 Å². The van der Waals surface area contributed by atoms with Gasteiger partial charge >= 0.3 is 12.5 Å². The quantitative estimate of drug-likeness (QED) is 0.638. The van der Waals surface area contributed by atoms with Crippen LogP contribution in [-0.4, -0.2) is 31.7 Å². The molecule has 0 rings (SSSR count). The highest BCUT2D eigenvalue weighted by Gasteiger charge is 2.46. The van der Waals surface area contributed by atoms with Gasteiger partial charge < -0.3 is 4.74 Å². The fourth-order valence-electron chi connectivity index (χ4n) is 0.438. The van der Waals surface area contributed by atoms with Gasteiger partial charge in [-0.25, -0.2) is 22.0 Å². The Morgan fingerprint density at radius 1 is 1.00 bits per heavy atom. The summed E-state index contributed by atoms with van der Waals surface area (Å²) >= 11 is 0. The molecule has 80 valence electrons. The maximum absolute atomic E-state index is 12.1. The van der Waals surface area contributed by atoms with E-state index in [2.05, 4.69) is 4.74 Å². The van der Waals surface area contributed by atoms with E-state index in [0.29, 0.717) is 0 Å². The summed E-state index contributed by atoms with van der Waals surface area (Å²) in [5.41, 5.74) is 0. The minimum Gasteiger partial charge on any atom is -0.317 e. The first-order valence-corrected chi connectivity index (χ1v) is 2.97. The van der Waals surface area contributed by atoms with Crippen LogP contribution in [0.1, 0.15) is 0 Å². The van der Waals surface area contributed by atoms with Gasteiger partial charge in [-0.2, -0.15) is 8.78 Å². The van der Waals surface area contributed by atoms with E-state index < -0.39 is 31.7 Å². The van der Waals surface area contributed by atoms with Crippen LogP contribution >= 0.6 is 0 Å². The van der Waals surface area contributed by atoms with Crippen LogP contribution in [-0.2, 0) is 4.74 Å². The Morgan fingerprint density at radius 3 is 1.77 bits per heavy atom. The third-order valence-corrected chi connectivity index (χ3v) is 1.03. The predicted molar refractivity (Wildman–Crippen MR) is 27.8 cm³/mol. The Morgan fingerprint density at radius 2 is 1.46 bits per heavy atom. The number of halogens is 7. The molecule has 0 N–H and O–H groups in total. The minimum absolute atomic E-state index is 2.07. The highest BCUT2D eigenvalue weighted by Crippen LogP contribution is 2.27. The molecule has 0 saturated carbocycles. The molecule has 1 nitrogen and oxygen atoms in total. The summed E-state index contributed by atoms with van der Waals surface area (Å²) in [5.74, 6) is -4.61. The summed E-state index contributed by atoms with van der Waals surface area (Å²) in [6.07, 6.45) is -7.73. The Hall–Kier alpha value is -0.530. The lowest BCUT2D eigenvalue weighted by Gasteiger charge is -2.19. The zero-order valence-corrected chi connectivity index (χ0v) is 5.99. The van der Waals surface area contributed by atoms with Crippen LogP contribution in [0.25, 0.3) is 0 Å². The van der Waals surface area contributed by atoms with Crippen molar-refractivity contribution >= 4 is 0 Å². The summed E-state index contributed by atoms with van der Waals surface area (Å²) in [5, 5.41) is 0. The first-order chi connectivity index (χ1) is 5.77. The van der Waals surface area contributed by atoms with Crippen LogP contribution in [0.2, 0.25) is 0 Å². The van der Waals surface area contributed by atoms with Gasteiger partial charge in [-0.3, -0.25) is 0 Å². The monoisotopic (exact) mass is 214 g/mol.